The first kappa shape index (κ1) is 25.4. The average molecular weight is 516 g/mol. The lowest BCUT2D eigenvalue weighted by molar-refractivity contribution is 0.305. The van der Waals surface area contributed by atoms with Crippen molar-refractivity contribution in [3.63, 3.8) is 0 Å². The van der Waals surface area contributed by atoms with Crippen molar-refractivity contribution in [2.75, 3.05) is 33.7 Å². The normalized spacial score (nSPS) is 12.6. The minimum atomic E-state index is -0.220. The summed E-state index contributed by atoms with van der Waals surface area (Å²) in [6.45, 7) is 9.14. The Hall–Kier alpha value is -1.68. The highest BCUT2D eigenvalue weighted by Gasteiger charge is 2.14. The maximum absolute atomic E-state index is 13.6. The van der Waals surface area contributed by atoms with Gasteiger partial charge in [0.05, 0.1) is 18.3 Å². The number of rotatable bonds is 9. The fraction of sp³-hybridized carbons (Fsp3) is 0.524. The predicted octanol–water partition coefficient (Wildman–Crippen LogP) is 3.51. The van der Waals surface area contributed by atoms with E-state index in [0.29, 0.717) is 6.54 Å². The van der Waals surface area contributed by atoms with E-state index in [4.69, 9.17) is 4.99 Å². The second kappa shape index (κ2) is 12.8. The van der Waals surface area contributed by atoms with E-state index in [-0.39, 0.29) is 35.8 Å². The molecule has 0 bridgehead atoms. The van der Waals surface area contributed by atoms with Crippen molar-refractivity contribution in [3.8, 4) is 0 Å². The number of halogens is 2. The largest absolute Gasteiger partial charge is 0.357 e. The Morgan fingerprint density at radius 3 is 2.59 bits per heavy atom. The van der Waals surface area contributed by atoms with Gasteiger partial charge in [0, 0.05) is 25.3 Å². The van der Waals surface area contributed by atoms with E-state index < -0.39 is 0 Å². The molecule has 0 radical (unpaired) electrons. The number of aliphatic imine (C=N–C) groups is 1. The van der Waals surface area contributed by atoms with Gasteiger partial charge >= 0.3 is 0 Å². The van der Waals surface area contributed by atoms with Crippen molar-refractivity contribution in [1.82, 2.24) is 25.3 Å². The number of benzene rings is 1. The molecule has 8 heteroatoms. The number of hydrogen-bond donors (Lipinski definition) is 2. The van der Waals surface area contributed by atoms with Gasteiger partial charge in [-0.15, -0.1) is 24.0 Å². The Labute approximate surface area is 191 Å². The Balaban J connectivity index is 0.00000420. The van der Waals surface area contributed by atoms with Gasteiger partial charge < -0.3 is 15.5 Å². The third-order valence-electron chi connectivity index (χ3n) is 4.57. The number of guanidine groups is 1. The molecule has 2 N–H and O–H groups in total. The molecule has 0 aliphatic rings. The average Bonchev–Trinajstić information content (AvgIpc) is 2.95. The van der Waals surface area contributed by atoms with Gasteiger partial charge in [-0.05, 0) is 65.0 Å². The third-order valence-corrected chi connectivity index (χ3v) is 4.57. The number of hydrogen-bond acceptors (Lipinski definition) is 3. The van der Waals surface area contributed by atoms with E-state index in [2.05, 4.69) is 33.6 Å². The van der Waals surface area contributed by atoms with Crippen LogP contribution in [-0.2, 0) is 6.54 Å². The standard InChI is InChI=1S/C21H33FN6.HI/c1-6-23-21(24-11-8-12-28-17(3)13-16(2)26-28)25-15-20(27(4)5)18-9-7-10-19(22)14-18;/h7,9-10,13-14,20H,6,8,11-12,15H2,1-5H3,(H2,23,24,25);1H. The van der Waals surface area contributed by atoms with Crippen molar-refractivity contribution in [1.29, 1.82) is 0 Å². The number of aromatic nitrogens is 2. The van der Waals surface area contributed by atoms with Gasteiger partial charge in [0.25, 0.3) is 0 Å². The Morgan fingerprint density at radius 1 is 1.24 bits per heavy atom. The number of nitrogens with one attached hydrogen (secondary N) is 2. The molecule has 0 saturated heterocycles. The van der Waals surface area contributed by atoms with Gasteiger partial charge in [-0.25, -0.2) is 4.39 Å². The van der Waals surface area contributed by atoms with E-state index in [0.717, 1.165) is 43.3 Å². The first-order valence-corrected chi connectivity index (χ1v) is 9.85. The summed E-state index contributed by atoms with van der Waals surface area (Å²) in [5.74, 6) is 0.557. The van der Waals surface area contributed by atoms with Crippen LogP contribution in [0.3, 0.4) is 0 Å². The van der Waals surface area contributed by atoms with Crippen molar-refractivity contribution >= 4 is 29.9 Å². The minimum absolute atomic E-state index is 0. The summed E-state index contributed by atoms with van der Waals surface area (Å²) in [6, 6.07) is 8.84. The van der Waals surface area contributed by atoms with Crippen molar-refractivity contribution in [2.45, 2.75) is 39.8 Å². The summed E-state index contributed by atoms with van der Waals surface area (Å²) in [5.41, 5.74) is 3.16. The molecular weight excluding hydrogens is 482 g/mol. The van der Waals surface area contributed by atoms with Crippen LogP contribution in [0.15, 0.2) is 35.3 Å². The van der Waals surface area contributed by atoms with Crippen LogP contribution >= 0.6 is 24.0 Å². The van der Waals surface area contributed by atoms with Crippen LogP contribution in [0.1, 0.15) is 36.3 Å². The van der Waals surface area contributed by atoms with E-state index >= 15 is 0 Å². The molecule has 1 heterocycles. The second-order valence-electron chi connectivity index (χ2n) is 7.18. The zero-order valence-corrected chi connectivity index (χ0v) is 20.4. The molecule has 0 saturated carbocycles. The number of nitrogens with zero attached hydrogens (tertiary/aromatic N) is 4. The number of likely N-dealkylation sites (N-methyl/N-ethyl adjacent to an activating group) is 1. The van der Waals surface area contributed by atoms with Crippen LogP contribution in [0, 0.1) is 19.7 Å². The monoisotopic (exact) mass is 516 g/mol. The van der Waals surface area contributed by atoms with Crippen LogP contribution in [0.4, 0.5) is 4.39 Å². The molecule has 0 amide bonds. The molecule has 2 rings (SSSR count). The van der Waals surface area contributed by atoms with Crippen LogP contribution < -0.4 is 10.6 Å². The third kappa shape index (κ3) is 8.30. The highest BCUT2D eigenvalue weighted by molar-refractivity contribution is 14.0. The quantitative estimate of drug-likeness (QED) is 0.232. The van der Waals surface area contributed by atoms with Crippen molar-refractivity contribution in [3.05, 3.63) is 53.1 Å². The topological polar surface area (TPSA) is 57.5 Å². The molecule has 2 aromatic rings. The lowest BCUT2D eigenvalue weighted by Crippen LogP contribution is -2.38. The molecule has 0 aliphatic heterocycles. The van der Waals surface area contributed by atoms with Gasteiger partial charge in [-0.1, -0.05) is 12.1 Å². The maximum atomic E-state index is 13.6. The first-order valence-electron chi connectivity index (χ1n) is 9.85. The Bertz CT molecular complexity index is 774. The molecule has 1 aromatic heterocycles. The lowest BCUT2D eigenvalue weighted by atomic mass is 10.1. The first-order chi connectivity index (χ1) is 13.4. The Kier molecular flexibility index (Phi) is 11.2. The molecule has 1 aromatic carbocycles. The summed E-state index contributed by atoms with van der Waals surface area (Å²) in [4.78, 5) is 6.78. The molecule has 6 nitrogen and oxygen atoms in total. The molecule has 1 atom stereocenters. The number of aryl methyl sites for hydroxylation is 3. The SMILES string of the molecule is CCNC(=NCC(c1cccc(F)c1)N(C)C)NCCCn1nc(C)cc1C.I. The summed E-state index contributed by atoms with van der Waals surface area (Å²) >= 11 is 0. The molecule has 0 aliphatic carbocycles. The van der Waals surface area contributed by atoms with Crippen LogP contribution in [0.5, 0.6) is 0 Å². The van der Waals surface area contributed by atoms with Gasteiger partial charge in [-0.2, -0.15) is 5.10 Å². The highest BCUT2D eigenvalue weighted by atomic mass is 127. The lowest BCUT2D eigenvalue weighted by Gasteiger charge is -2.23. The molecule has 1 unspecified atom stereocenters. The molecule has 0 spiro atoms. The van der Waals surface area contributed by atoms with E-state index in [9.17, 15) is 4.39 Å². The van der Waals surface area contributed by atoms with Crippen molar-refractivity contribution < 1.29 is 4.39 Å². The second-order valence-corrected chi connectivity index (χ2v) is 7.18. The smallest absolute Gasteiger partial charge is 0.191 e. The zero-order valence-electron chi connectivity index (χ0n) is 18.1. The summed E-state index contributed by atoms with van der Waals surface area (Å²) < 4.78 is 15.6. The van der Waals surface area contributed by atoms with Gasteiger partial charge in [0.2, 0.25) is 0 Å². The van der Waals surface area contributed by atoms with E-state index in [1.54, 1.807) is 12.1 Å². The van der Waals surface area contributed by atoms with E-state index in [1.165, 1.54) is 11.8 Å². The van der Waals surface area contributed by atoms with Gasteiger partial charge in [-0.3, -0.25) is 9.67 Å². The zero-order chi connectivity index (χ0) is 20.5. The molecular formula is C21H34FIN6. The summed E-state index contributed by atoms with van der Waals surface area (Å²) in [5, 5.41) is 11.1. The van der Waals surface area contributed by atoms with E-state index in [1.807, 2.05) is 38.7 Å². The van der Waals surface area contributed by atoms with Crippen LogP contribution in [0.25, 0.3) is 0 Å². The predicted molar refractivity (Wildman–Crippen MR) is 129 cm³/mol. The Morgan fingerprint density at radius 2 is 2.00 bits per heavy atom. The summed E-state index contributed by atoms with van der Waals surface area (Å²) in [6.07, 6.45) is 0.952. The molecule has 0 fully saturated rings. The van der Waals surface area contributed by atoms with Crippen LogP contribution in [-0.4, -0.2) is 54.4 Å². The van der Waals surface area contributed by atoms with Crippen molar-refractivity contribution in [2.24, 2.45) is 4.99 Å². The fourth-order valence-electron chi connectivity index (χ4n) is 3.14. The maximum Gasteiger partial charge on any atom is 0.191 e. The van der Waals surface area contributed by atoms with Gasteiger partial charge in [0.1, 0.15) is 5.82 Å². The van der Waals surface area contributed by atoms with Crippen LogP contribution in [0.2, 0.25) is 0 Å². The molecule has 162 valence electrons. The molecule has 29 heavy (non-hydrogen) atoms. The van der Waals surface area contributed by atoms with Gasteiger partial charge in [0.15, 0.2) is 5.96 Å². The fourth-order valence-corrected chi connectivity index (χ4v) is 3.14. The highest BCUT2D eigenvalue weighted by Crippen LogP contribution is 2.19. The minimum Gasteiger partial charge on any atom is -0.357 e. The summed E-state index contributed by atoms with van der Waals surface area (Å²) in [7, 11) is 3.97.